The van der Waals surface area contributed by atoms with E-state index >= 15 is 0 Å². The quantitative estimate of drug-likeness (QED) is 0.305. The predicted molar refractivity (Wildman–Crippen MR) is 137 cm³/mol. The molecule has 0 unspecified atom stereocenters. The highest BCUT2D eigenvalue weighted by Gasteiger charge is 2.24. The normalized spacial score (nSPS) is 12.9. The van der Waals surface area contributed by atoms with E-state index in [1.807, 2.05) is 18.2 Å². The van der Waals surface area contributed by atoms with Crippen molar-refractivity contribution in [3.05, 3.63) is 113 Å². The number of hydrogen-bond acceptors (Lipinski definition) is 4. The van der Waals surface area contributed by atoms with Gasteiger partial charge in [0.15, 0.2) is 0 Å². The molecule has 0 spiro atoms. The molecule has 4 aromatic rings. The summed E-state index contributed by atoms with van der Waals surface area (Å²) in [5.74, 6) is -1.82. The number of nitrogens with zero attached hydrogens (tertiary/aromatic N) is 1. The van der Waals surface area contributed by atoms with Crippen molar-refractivity contribution in [1.82, 2.24) is 15.6 Å². The molecule has 0 fully saturated rings. The molecule has 0 aliphatic heterocycles. The van der Waals surface area contributed by atoms with Gasteiger partial charge < -0.3 is 15.7 Å². The molecule has 0 aliphatic rings. The van der Waals surface area contributed by atoms with Gasteiger partial charge in [-0.05, 0) is 59.9 Å². The van der Waals surface area contributed by atoms with Crippen LogP contribution in [0.3, 0.4) is 0 Å². The molecule has 0 bridgehead atoms. The Morgan fingerprint density at radius 1 is 0.944 bits per heavy atom. The lowest BCUT2D eigenvalue weighted by atomic mass is 9.99. The fraction of sp³-hybridized carbons (Fsp3) is 0.241. The van der Waals surface area contributed by atoms with Crippen molar-refractivity contribution in [2.45, 2.75) is 38.5 Å². The van der Waals surface area contributed by atoms with E-state index in [0.29, 0.717) is 28.6 Å². The molecule has 186 valence electrons. The van der Waals surface area contributed by atoms with Gasteiger partial charge in [0, 0.05) is 36.3 Å². The summed E-state index contributed by atoms with van der Waals surface area (Å²) in [7, 11) is 0. The Hall–Kier alpha value is -3.68. The van der Waals surface area contributed by atoms with E-state index in [2.05, 4.69) is 34.7 Å². The average molecular weight is 490 g/mol. The van der Waals surface area contributed by atoms with Crippen LogP contribution in [0.25, 0.3) is 10.9 Å². The molecule has 7 heteroatoms. The van der Waals surface area contributed by atoms with Crippen LogP contribution in [0.2, 0.25) is 0 Å². The molecule has 4 rings (SSSR count). The number of benzene rings is 3. The lowest BCUT2D eigenvalue weighted by molar-refractivity contribution is 0.0831. The maximum Gasteiger partial charge on any atom is 0.252 e. The summed E-state index contributed by atoms with van der Waals surface area (Å²) in [5.41, 5.74) is 3.72. The highest BCUT2D eigenvalue weighted by Crippen LogP contribution is 2.18. The molecule has 1 amide bonds. The van der Waals surface area contributed by atoms with Crippen LogP contribution >= 0.6 is 0 Å². The van der Waals surface area contributed by atoms with Crippen LogP contribution in [0.5, 0.6) is 0 Å². The predicted octanol–water partition coefficient (Wildman–Crippen LogP) is 4.57. The van der Waals surface area contributed by atoms with Crippen molar-refractivity contribution in [2.75, 3.05) is 6.54 Å². The molecule has 3 aromatic carbocycles. The molecule has 0 saturated heterocycles. The zero-order valence-electron chi connectivity index (χ0n) is 20.0. The van der Waals surface area contributed by atoms with Crippen LogP contribution in [0.1, 0.15) is 34.0 Å². The summed E-state index contributed by atoms with van der Waals surface area (Å²) in [5, 5.41) is 17.8. The summed E-state index contributed by atoms with van der Waals surface area (Å²) in [6.07, 6.45) is 1.62. The van der Waals surface area contributed by atoms with E-state index in [1.54, 1.807) is 30.5 Å². The standard InChI is InChI=1S/C29H29F2N3O2/c1-2-19-6-3-7-20(12-19)17-32-18-28(35)27(15-21-13-22(30)16-23(31)14-21)34-29(36)25-8-4-10-26-24(25)9-5-11-33-26/h3-14,16,27-28,32,35H,2,15,17-18H2,1H3,(H,34,36)/t27-,28+/m0/s1. The minimum atomic E-state index is -1.01. The lowest BCUT2D eigenvalue weighted by Crippen LogP contribution is -2.48. The van der Waals surface area contributed by atoms with Gasteiger partial charge in [0.1, 0.15) is 11.6 Å². The second kappa shape index (κ2) is 11.8. The molecule has 5 nitrogen and oxygen atoms in total. The first-order chi connectivity index (χ1) is 17.4. The monoisotopic (exact) mass is 489 g/mol. The van der Waals surface area contributed by atoms with E-state index < -0.39 is 29.7 Å². The van der Waals surface area contributed by atoms with E-state index in [0.717, 1.165) is 18.1 Å². The zero-order valence-corrected chi connectivity index (χ0v) is 20.0. The molecule has 1 aromatic heterocycles. The Bertz CT molecular complexity index is 1320. The Labute approximate surface area is 209 Å². The van der Waals surface area contributed by atoms with Crippen LogP contribution in [0.4, 0.5) is 8.78 Å². The van der Waals surface area contributed by atoms with Gasteiger partial charge in [0.25, 0.3) is 5.91 Å². The minimum absolute atomic E-state index is 0.0532. The Balaban J connectivity index is 1.51. The fourth-order valence-corrected chi connectivity index (χ4v) is 4.28. The number of fused-ring (bicyclic) bond motifs is 1. The second-order valence-electron chi connectivity index (χ2n) is 8.81. The van der Waals surface area contributed by atoms with E-state index in [-0.39, 0.29) is 13.0 Å². The maximum absolute atomic E-state index is 13.8. The van der Waals surface area contributed by atoms with Crippen molar-refractivity contribution in [2.24, 2.45) is 0 Å². The Kier molecular flexibility index (Phi) is 8.36. The Morgan fingerprint density at radius 3 is 2.47 bits per heavy atom. The summed E-state index contributed by atoms with van der Waals surface area (Å²) in [6.45, 7) is 2.80. The SMILES string of the molecule is CCc1cccc(CNC[C@@H](O)[C@H](Cc2cc(F)cc(F)c2)NC(=O)c2cccc3ncccc23)c1. The number of aliphatic hydroxyl groups is 1. The van der Waals surface area contributed by atoms with Gasteiger partial charge in [-0.25, -0.2) is 8.78 Å². The highest BCUT2D eigenvalue weighted by atomic mass is 19.1. The van der Waals surface area contributed by atoms with Crippen LogP contribution in [0.15, 0.2) is 79.0 Å². The van der Waals surface area contributed by atoms with Crippen molar-refractivity contribution in [3.63, 3.8) is 0 Å². The zero-order chi connectivity index (χ0) is 25.5. The maximum atomic E-state index is 13.8. The van der Waals surface area contributed by atoms with Crippen LogP contribution < -0.4 is 10.6 Å². The molecule has 2 atom stereocenters. The van der Waals surface area contributed by atoms with Gasteiger partial charge in [-0.3, -0.25) is 9.78 Å². The number of aromatic nitrogens is 1. The first-order valence-electron chi connectivity index (χ1n) is 12.0. The number of aliphatic hydroxyl groups excluding tert-OH is 1. The Morgan fingerprint density at radius 2 is 1.69 bits per heavy atom. The van der Waals surface area contributed by atoms with E-state index in [4.69, 9.17) is 0 Å². The van der Waals surface area contributed by atoms with Crippen molar-refractivity contribution >= 4 is 16.8 Å². The number of aryl methyl sites for hydroxylation is 1. The number of amides is 1. The summed E-state index contributed by atoms with van der Waals surface area (Å²) in [4.78, 5) is 17.5. The van der Waals surface area contributed by atoms with Crippen molar-refractivity contribution < 1.29 is 18.7 Å². The summed E-state index contributed by atoms with van der Waals surface area (Å²) < 4.78 is 27.6. The smallest absolute Gasteiger partial charge is 0.252 e. The first-order valence-corrected chi connectivity index (χ1v) is 12.0. The van der Waals surface area contributed by atoms with Crippen molar-refractivity contribution in [1.29, 1.82) is 0 Å². The van der Waals surface area contributed by atoms with Crippen LogP contribution in [-0.2, 0) is 19.4 Å². The molecule has 36 heavy (non-hydrogen) atoms. The number of nitrogens with one attached hydrogen (secondary N) is 2. The first kappa shape index (κ1) is 25.4. The molecule has 0 aliphatic carbocycles. The minimum Gasteiger partial charge on any atom is -0.390 e. The molecule has 0 radical (unpaired) electrons. The van der Waals surface area contributed by atoms with Crippen molar-refractivity contribution in [3.8, 4) is 0 Å². The summed E-state index contributed by atoms with van der Waals surface area (Å²) >= 11 is 0. The number of rotatable bonds is 10. The topological polar surface area (TPSA) is 74.2 Å². The number of carbonyl (C=O) groups is 1. The fourth-order valence-electron chi connectivity index (χ4n) is 4.28. The molecular formula is C29H29F2N3O2. The second-order valence-corrected chi connectivity index (χ2v) is 8.81. The molecular weight excluding hydrogens is 460 g/mol. The van der Waals surface area contributed by atoms with Crippen LogP contribution in [0, 0.1) is 11.6 Å². The van der Waals surface area contributed by atoms with Gasteiger partial charge >= 0.3 is 0 Å². The van der Waals surface area contributed by atoms with Gasteiger partial charge in [0.05, 0.1) is 17.7 Å². The van der Waals surface area contributed by atoms with E-state index in [1.165, 1.54) is 17.7 Å². The van der Waals surface area contributed by atoms with E-state index in [9.17, 15) is 18.7 Å². The number of pyridine rings is 1. The number of hydrogen-bond donors (Lipinski definition) is 3. The van der Waals surface area contributed by atoms with Gasteiger partial charge in [-0.1, -0.05) is 43.3 Å². The molecule has 0 saturated carbocycles. The molecule has 1 heterocycles. The number of halogens is 2. The molecule has 3 N–H and O–H groups in total. The third-order valence-electron chi connectivity index (χ3n) is 6.13. The number of carbonyl (C=O) groups excluding carboxylic acids is 1. The lowest BCUT2D eigenvalue weighted by Gasteiger charge is -2.25. The van der Waals surface area contributed by atoms with Gasteiger partial charge in [0.2, 0.25) is 0 Å². The largest absolute Gasteiger partial charge is 0.390 e. The summed E-state index contributed by atoms with van der Waals surface area (Å²) in [6, 6.07) is 19.4. The highest BCUT2D eigenvalue weighted by molar-refractivity contribution is 6.06. The third-order valence-corrected chi connectivity index (χ3v) is 6.13. The third kappa shape index (κ3) is 6.50. The van der Waals surface area contributed by atoms with Gasteiger partial charge in [-0.15, -0.1) is 0 Å². The van der Waals surface area contributed by atoms with Gasteiger partial charge in [-0.2, -0.15) is 0 Å². The van der Waals surface area contributed by atoms with Crippen LogP contribution in [-0.4, -0.2) is 34.7 Å². The average Bonchev–Trinajstić information content (AvgIpc) is 2.87.